The first kappa shape index (κ1) is 12.6. The second-order valence-electron chi connectivity index (χ2n) is 4.96. The maximum absolute atomic E-state index is 10.3. The third-order valence-electron chi connectivity index (χ3n) is 3.09. The molecule has 1 aromatic carbocycles. The molecule has 2 heteroatoms. The standard InChI is InChI=1S/C16H19NO/c1-11(2)15-9-5-7-13(16(15)18)10-14-8-4-6-12(3)17-14/h4-9,11,18H,10H2,1-3H3. The van der Waals surface area contributed by atoms with Gasteiger partial charge in [-0.05, 0) is 30.5 Å². The van der Waals surface area contributed by atoms with Gasteiger partial charge in [0.25, 0.3) is 0 Å². The van der Waals surface area contributed by atoms with Crippen LogP contribution < -0.4 is 0 Å². The van der Waals surface area contributed by atoms with Crippen LogP contribution in [0.2, 0.25) is 0 Å². The zero-order chi connectivity index (χ0) is 13.1. The van der Waals surface area contributed by atoms with Crippen molar-refractivity contribution in [2.45, 2.75) is 33.1 Å². The molecule has 0 aliphatic carbocycles. The van der Waals surface area contributed by atoms with E-state index in [1.165, 1.54) is 0 Å². The van der Waals surface area contributed by atoms with Crippen LogP contribution in [0.1, 0.15) is 42.3 Å². The first-order chi connectivity index (χ1) is 8.58. The molecule has 0 spiro atoms. The van der Waals surface area contributed by atoms with Gasteiger partial charge in [0.15, 0.2) is 0 Å². The summed E-state index contributed by atoms with van der Waals surface area (Å²) in [5.74, 6) is 0.742. The average molecular weight is 241 g/mol. The Kier molecular flexibility index (Phi) is 3.66. The Bertz CT molecular complexity index is 547. The molecule has 0 unspecified atom stereocenters. The Morgan fingerprint density at radius 2 is 1.83 bits per heavy atom. The molecule has 0 amide bonds. The summed E-state index contributed by atoms with van der Waals surface area (Å²) in [6.07, 6.45) is 0.675. The quantitative estimate of drug-likeness (QED) is 0.886. The van der Waals surface area contributed by atoms with Crippen LogP contribution in [0.3, 0.4) is 0 Å². The molecule has 0 aliphatic rings. The summed E-state index contributed by atoms with van der Waals surface area (Å²) < 4.78 is 0. The number of aromatic nitrogens is 1. The van der Waals surface area contributed by atoms with Gasteiger partial charge in [-0.3, -0.25) is 4.98 Å². The van der Waals surface area contributed by atoms with E-state index in [0.29, 0.717) is 18.1 Å². The van der Waals surface area contributed by atoms with E-state index in [9.17, 15) is 5.11 Å². The van der Waals surface area contributed by atoms with Gasteiger partial charge in [-0.2, -0.15) is 0 Å². The first-order valence-electron chi connectivity index (χ1n) is 6.31. The number of phenolic OH excluding ortho intramolecular Hbond substituents is 1. The van der Waals surface area contributed by atoms with Crippen molar-refractivity contribution in [3.05, 3.63) is 58.9 Å². The molecule has 18 heavy (non-hydrogen) atoms. The summed E-state index contributed by atoms with van der Waals surface area (Å²) in [4.78, 5) is 4.47. The monoisotopic (exact) mass is 241 g/mol. The van der Waals surface area contributed by atoms with Gasteiger partial charge >= 0.3 is 0 Å². The van der Waals surface area contributed by atoms with Gasteiger partial charge in [0.2, 0.25) is 0 Å². The fourth-order valence-corrected chi connectivity index (χ4v) is 2.11. The predicted molar refractivity (Wildman–Crippen MR) is 74.0 cm³/mol. The van der Waals surface area contributed by atoms with E-state index in [-0.39, 0.29) is 0 Å². The second-order valence-corrected chi connectivity index (χ2v) is 4.96. The number of aromatic hydroxyl groups is 1. The molecule has 1 heterocycles. The van der Waals surface area contributed by atoms with Crippen molar-refractivity contribution >= 4 is 0 Å². The van der Waals surface area contributed by atoms with Crippen molar-refractivity contribution in [3.63, 3.8) is 0 Å². The Balaban J connectivity index is 2.32. The van der Waals surface area contributed by atoms with Crippen LogP contribution in [0, 0.1) is 6.92 Å². The van der Waals surface area contributed by atoms with Gasteiger partial charge in [-0.25, -0.2) is 0 Å². The number of pyridine rings is 1. The minimum Gasteiger partial charge on any atom is -0.507 e. The lowest BCUT2D eigenvalue weighted by Gasteiger charge is -2.12. The third kappa shape index (κ3) is 2.70. The van der Waals surface area contributed by atoms with Crippen molar-refractivity contribution in [2.75, 3.05) is 0 Å². The van der Waals surface area contributed by atoms with E-state index in [4.69, 9.17) is 0 Å². The molecule has 0 atom stereocenters. The number of benzene rings is 1. The molecule has 1 aromatic heterocycles. The van der Waals surface area contributed by atoms with Crippen LogP contribution in [-0.2, 0) is 6.42 Å². The highest BCUT2D eigenvalue weighted by atomic mass is 16.3. The van der Waals surface area contributed by atoms with E-state index >= 15 is 0 Å². The molecular weight excluding hydrogens is 222 g/mol. The number of hydrogen-bond acceptors (Lipinski definition) is 2. The lowest BCUT2D eigenvalue weighted by atomic mass is 9.97. The zero-order valence-corrected chi connectivity index (χ0v) is 11.1. The van der Waals surface area contributed by atoms with Crippen LogP contribution in [-0.4, -0.2) is 10.1 Å². The van der Waals surface area contributed by atoms with Crippen LogP contribution in [0.15, 0.2) is 36.4 Å². The number of nitrogens with zero attached hydrogens (tertiary/aromatic N) is 1. The summed E-state index contributed by atoms with van der Waals surface area (Å²) in [6, 6.07) is 11.9. The fourth-order valence-electron chi connectivity index (χ4n) is 2.11. The van der Waals surface area contributed by atoms with E-state index in [1.54, 1.807) is 0 Å². The van der Waals surface area contributed by atoms with Gasteiger partial charge in [-0.15, -0.1) is 0 Å². The van der Waals surface area contributed by atoms with Gasteiger partial charge in [0.05, 0.1) is 0 Å². The smallest absolute Gasteiger partial charge is 0.122 e. The largest absolute Gasteiger partial charge is 0.507 e. The molecule has 0 radical (unpaired) electrons. The van der Waals surface area contributed by atoms with E-state index in [0.717, 1.165) is 22.5 Å². The number of aryl methyl sites for hydroxylation is 1. The van der Waals surface area contributed by atoms with Crippen molar-refractivity contribution < 1.29 is 5.11 Å². The summed E-state index contributed by atoms with van der Waals surface area (Å²) in [6.45, 7) is 6.15. The average Bonchev–Trinajstić information content (AvgIpc) is 2.31. The summed E-state index contributed by atoms with van der Waals surface area (Å²) in [5.41, 5.74) is 3.94. The summed E-state index contributed by atoms with van der Waals surface area (Å²) >= 11 is 0. The normalized spacial score (nSPS) is 10.9. The summed E-state index contributed by atoms with van der Waals surface area (Å²) in [5, 5.41) is 10.3. The SMILES string of the molecule is Cc1cccc(Cc2cccc(C(C)C)c2O)n1. The van der Waals surface area contributed by atoms with Crippen LogP contribution in [0.5, 0.6) is 5.75 Å². The Labute approximate surface area is 108 Å². The highest BCUT2D eigenvalue weighted by Crippen LogP contribution is 2.29. The molecule has 94 valence electrons. The lowest BCUT2D eigenvalue weighted by Crippen LogP contribution is -1.97. The van der Waals surface area contributed by atoms with Gasteiger partial charge in [-0.1, -0.05) is 38.1 Å². The van der Waals surface area contributed by atoms with Crippen molar-refractivity contribution in [1.82, 2.24) is 4.98 Å². The van der Waals surface area contributed by atoms with Crippen molar-refractivity contribution in [1.29, 1.82) is 0 Å². The van der Waals surface area contributed by atoms with Gasteiger partial charge < -0.3 is 5.11 Å². The van der Waals surface area contributed by atoms with Gasteiger partial charge in [0.1, 0.15) is 5.75 Å². The molecule has 0 aliphatic heterocycles. The van der Waals surface area contributed by atoms with Crippen LogP contribution in [0.25, 0.3) is 0 Å². The Hall–Kier alpha value is -1.83. The predicted octanol–water partition coefficient (Wildman–Crippen LogP) is 3.81. The third-order valence-corrected chi connectivity index (χ3v) is 3.09. The first-order valence-corrected chi connectivity index (χ1v) is 6.31. The summed E-state index contributed by atoms with van der Waals surface area (Å²) in [7, 11) is 0. The van der Waals surface area contributed by atoms with Crippen LogP contribution >= 0.6 is 0 Å². The number of hydrogen-bond donors (Lipinski definition) is 1. The second kappa shape index (κ2) is 5.21. The molecule has 2 aromatic rings. The molecule has 0 fully saturated rings. The lowest BCUT2D eigenvalue weighted by molar-refractivity contribution is 0.459. The molecule has 0 saturated carbocycles. The highest BCUT2D eigenvalue weighted by molar-refractivity contribution is 5.43. The Morgan fingerprint density at radius 1 is 1.11 bits per heavy atom. The van der Waals surface area contributed by atoms with E-state index < -0.39 is 0 Å². The molecule has 2 rings (SSSR count). The zero-order valence-electron chi connectivity index (χ0n) is 11.1. The van der Waals surface area contributed by atoms with E-state index in [1.807, 2.05) is 43.3 Å². The minimum absolute atomic E-state index is 0.329. The fraction of sp³-hybridized carbons (Fsp3) is 0.312. The maximum atomic E-state index is 10.3. The number of rotatable bonds is 3. The number of para-hydroxylation sites is 1. The molecule has 1 N–H and O–H groups in total. The Morgan fingerprint density at radius 3 is 2.50 bits per heavy atom. The maximum Gasteiger partial charge on any atom is 0.122 e. The highest BCUT2D eigenvalue weighted by Gasteiger charge is 2.10. The molecular formula is C16H19NO. The van der Waals surface area contributed by atoms with Crippen molar-refractivity contribution in [2.24, 2.45) is 0 Å². The molecule has 0 saturated heterocycles. The van der Waals surface area contributed by atoms with Crippen molar-refractivity contribution in [3.8, 4) is 5.75 Å². The molecule has 0 bridgehead atoms. The molecule has 2 nitrogen and oxygen atoms in total. The van der Waals surface area contributed by atoms with E-state index in [2.05, 4.69) is 18.8 Å². The van der Waals surface area contributed by atoms with Gasteiger partial charge in [0, 0.05) is 23.4 Å². The minimum atomic E-state index is 0.329. The van der Waals surface area contributed by atoms with Crippen LogP contribution in [0.4, 0.5) is 0 Å². The number of phenols is 1. The topological polar surface area (TPSA) is 33.1 Å².